The van der Waals surface area contributed by atoms with Crippen LogP contribution in [0.15, 0.2) is 12.5 Å². The molecule has 0 saturated heterocycles. The van der Waals surface area contributed by atoms with Gasteiger partial charge in [-0.15, -0.1) is 0 Å². The van der Waals surface area contributed by atoms with E-state index in [9.17, 15) is 0 Å². The summed E-state index contributed by atoms with van der Waals surface area (Å²) in [5.41, 5.74) is 1.35. The molecule has 0 N–H and O–H groups in total. The first-order chi connectivity index (χ1) is 5.88. The molecule has 1 heterocycles. The summed E-state index contributed by atoms with van der Waals surface area (Å²) in [7, 11) is 0. The fraction of sp³-hybridized carbons (Fsp3) is 0.600. The highest BCUT2D eigenvalue weighted by molar-refractivity contribution is 4.98. The lowest BCUT2D eigenvalue weighted by atomic mass is 10.2. The van der Waals surface area contributed by atoms with Gasteiger partial charge < -0.3 is 4.57 Å². The Kier molecular flexibility index (Phi) is 3.85. The maximum Gasteiger partial charge on any atom is 0.0948 e. The molecule has 0 atom stereocenters. The molecule has 0 amide bonds. The molecule has 67 valence electrons. The first-order valence-corrected chi connectivity index (χ1v) is 4.66. The normalized spacial score (nSPS) is 10.5. The maximum atomic E-state index is 4.14. The molecule has 1 aromatic rings. The van der Waals surface area contributed by atoms with Gasteiger partial charge in [0, 0.05) is 18.4 Å². The molecule has 1 rings (SSSR count). The van der Waals surface area contributed by atoms with Crippen molar-refractivity contribution in [3.05, 3.63) is 25.1 Å². The van der Waals surface area contributed by atoms with E-state index in [0.29, 0.717) is 0 Å². The quantitative estimate of drug-likeness (QED) is 0.655. The lowest BCUT2D eigenvalue weighted by molar-refractivity contribution is 0.634. The molecule has 0 saturated carbocycles. The number of aromatic nitrogens is 2. The van der Waals surface area contributed by atoms with Crippen molar-refractivity contribution < 1.29 is 0 Å². The number of unbranched alkanes of at least 4 members (excludes halogenated alkanes) is 1. The Balaban J connectivity index is 2.51. The predicted octanol–water partition coefficient (Wildman–Crippen LogP) is 2.45. The minimum absolute atomic E-state index is 1.01. The Bertz CT molecular complexity index is 215. The van der Waals surface area contributed by atoms with Crippen LogP contribution >= 0.6 is 0 Å². The van der Waals surface area contributed by atoms with Crippen LogP contribution in [0.4, 0.5) is 0 Å². The average Bonchev–Trinajstić information content (AvgIpc) is 2.50. The largest absolute Gasteiger partial charge is 0.335 e. The fourth-order valence-electron chi connectivity index (χ4n) is 1.30. The van der Waals surface area contributed by atoms with Crippen molar-refractivity contribution in [1.82, 2.24) is 9.55 Å². The van der Waals surface area contributed by atoms with Crippen molar-refractivity contribution in [3.8, 4) is 0 Å². The van der Waals surface area contributed by atoms with Gasteiger partial charge in [-0.05, 0) is 19.3 Å². The third kappa shape index (κ3) is 2.36. The van der Waals surface area contributed by atoms with E-state index in [1.54, 1.807) is 0 Å². The number of aryl methyl sites for hydroxylation is 2. The second-order valence-corrected chi connectivity index (χ2v) is 3.04. The van der Waals surface area contributed by atoms with Gasteiger partial charge in [0.2, 0.25) is 0 Å². The van der Waals surface area contributed by atoms with Gasteiger partial charge in [-0.1, -0.05) is 20.3 Å². The van der Waals surface area contributed by atoms with Crippen LogP contribution < -0.4 is 0 Å². The van der Waals surface area contributed by atoms with Crippen LogP contribution in [-0.4, -0.2) is 9.55 Å². The SMILES string of the molecule is [CH2]CCCc1cncn1CCC. The molecule has 0 aromatic carbocycles. The first kappa shape index (κ1) is 9.30. The Hall–Kier alpha value is -0.790. The summed E-state index contributed by atoms with van der Waals surface area (Å²) in [6.45, 7) is 7.11. The van der Waals surface area contributed by atoms with Gasteiger partial charge in [0.1, 0.15) is 0 Å². The van der Waals surface area contributed by atoms with Crippen molar-refractivity contribution in [2.24, 2.45) is 0 Å². The lowest BCUT2D eigenvalue weighted by Gasteiger charge is -2.04. The molecule has 2 heteroatoms. The molecule has 0 aliphatic rings. The molecule has 0 bridgehead atoms. The Morgan fingerprint density at radius 3 is 3.08 bits per heavy atom. The van der Waals surface area contributed by atoms with E-state index in [-0.39, 0.29) is 0 Å². The van der Waals surface area contributed by atoms with Gasteiger partial charge in [0.25, 0.3) is 0 Å². The topological polar surface area (TPSA) is 17.8 Å². The van der Waals surface area contributed by atoms with Gasteiger partial charge in [-0.25, -0.2) is 4.98 Å². The maximum absolute atomic E-state index is 4.14. The molecule has 1 aromatic heterocycles. The van der Waals surface area contributed by atoms with Crippen molar-refractivity contribution in [3.63, 3.8) is 0 Å². The van der Waals surface area contributed by atoms with Crippen LogP contribution in [0.3, 0.4) is 0 Å². The highest BCUT2D eigenvalue weighted by Gasteiger charge is 1.99. The summed E-state index contributed by atoms with van der Waals surface area (Å²) < 4.78 is 2.23. The minimum Gasteiger partial charge on any atom is -0.335 e. The van der Waals surface area contributed by atoms with E-state index in [1.165, 1.54) is 12.1 Å². The molecular weight excluding hydrogens is 148 g/mol. The molecular formula is C10H17N2. The molecule has 0 aliphatic heterocycles. The molecule has 1 radical (unpaired) electrons. The van der Waals surface area contributed by atoms with Crippen molar-refractivity contribution >= 4 is 0 Å². The zero-order valence-electron chi connectivity index (χ0n) is 7.79. The van der Waals surface area contributed by atoms with Gasteiger partial charge in [-0.3, -0.25) is 0 Å². The Morgan fingerprint density at radius 2 is 2.42 bits per heavy atom. The first-order valence-electron chi connectivity index (χ1n) is 4.66. The molecule has 0 fully saturated rings. The standard InChI is InChI=1S/C10H17N2/c1-3-5-6-10-8-11-9-12(10)7-4-2/h8-9H,1,3-7H2,2H3. The second kappa shape index (κ2) is 4.96. The third-order valence-corrected chi connectivity index (χ3v) is 1.95. The molecule has 12 heavy (non-hydrogen) atoms. The Morgan fingerprint density at radius 1 is 1.58 bits per heavy atom. The van der Waals surface area contributed by atoms with Gasteiger partial charge in [-0.2, -0.15) is 0 Å². The monoisotopic (exact) mass is 165 g/mol. The third-order valence-electron chi connectivity index (χ3n) is 1.95. The summed E-state index contributed by atoms with van der Waals surface area (Å²) >= 11 is 0. The van der Waals surface area contributed by atoms with E-state index < -0.39 is 0 Å². The van der Waals surface area contributed by atoms with Crippen molar-refractivity contribution in [1.29, 1.82) is 0 Å². The van der Waals surface area contributed by atoms with Crippen molar-refractivity contribution in [2.45, 2.75) is 39.2 Å². The van der Waals surface area contributed by atoms with E-state index in [1.807, 2.05) is 12.5 Å². The summed E-state index contributed by atoms with van der Waals surface area (Å²) in [6.07, 6.45) is 8.34. The van der Waals surface area contributed by atoms with Gasteiger partial charge in [0.05, 0.1) is 6.33 Å². The van der Waals surface area contributed by atoms with Gasteiger partial charge >= 0.3 is 0 Å². The van der Waals surface area contributed by atoms with E-state index in [2.05, 4.69) is 23.4 Å². The summed E-state index contributed by atoms with van der Waals surface area (Å²) in [4.78, 5) is 4.14. The second-order valence-electron chi connectivity index (χ2n) is 3.04. The van der Waals surface area contributed by atoms with Crippen LogP contribution in [0.1, 0.15) is 31.9 Å². The lowest BCUT2D eigenvalue weighted by Crippen LogP contribution is -2.00. The van der Waals surface area contributed by atoms with E-state index in [0.717, 1.165) is 25.8 Å². The zero-order valence-corrected chi connectivity index (χ0v) is 7.79. The zero-order chi connectivity index (χ0) is 8.81. The van der Waals surface area contributed by atoms with Crippen LogP contribution in [0, 0.1) is 6.92 Å². The number of hydrogen-bond donors (Lipinski definition) is 0. The summed E-state index contributed by atoms with van der Waals surface area (Å²) in [5, 5.41) is 0. The van der Waals surface area contributed by atoms with Crippen molar-refractivity contribution in [2.75, 3.05) is 0 Å². The van der Waals surface area contributed by atoms with Gasteiger partial charge in [0.15, 0.2) is 0 Å². The predicted molar refractivity (Wildman–Crippen MR) is 50.8 cm³/mol. The van der Waals surface area contributed by atoms with Crippen LogP contribution in [0.25, 0.3) is 0 Å². The molecule has 2 nitrogen and oxygen atoms in total. The number of imidazole rings is 1. The molecule has 0 spiro atoms. The van der Waals surface area contributed by atoms with Crippen LogP contribution in [0.2, 0.25) is 0 Å². The highest BCUT2D eigenvalue weighted by atomic mass is 15.0. The fourth-order valence-corrected chi connectivity index (χ4v) is 1.30. The summed E-state index contributed by atoms with van der Waals surface area (Å²) in [6, 6.07) is 0. The Labute approximate surface area is 74.6 Å². The smallest absolute Gasteiger partial charge is 0.0948 e. The number of rotatable bonds is 5. The summed E-state index contributed by atoms with van der Waals surface area (Å²) in [5.74, 6) is 0. The number of hydrogen-bond acceptors (Lipinski definition) is 1. The highest BCUT2D eigenvalue weighted by Crippen LogP contribution is 2.05. The number of nitrogens with zero attached hydrogens (tertiary/aromatic N) is 2. The van der Waals surface area contributed by atoms with E-state index in [4.69, 9.17) is 0 Å². The molecule has 0 aliphatic carbocycles. The minimum atomic E-state index is 1.01. The van der Waals surface area contributed by atoms with E-state index >= 15 is 0 Å². The van der Waals surface area contributed by atoms with Crippen LogP contribution in [-0.2, 0) is 13.0 Å². The van der Waals surface area contributed by atoms with Crippen LogP contribution in [0.5, 0.6) is 0 Å². The molecule has 0 unspecified atom stereocenters. The average molecular weight is 165 g/mol.